The molecule has 1 aromatic carbocycles. The summed E-state index contributed by atoms with van der Waals surface area (Å²) < 4.78 is 39.5. The highest BCUT2D eigenvalue weighted by Crippen LogP contribution is 2.31. The number of carbonyl (C=O) groups excluding carboxylic acids is 1. The van der Waals surface area contributed by atoms with Crippen molar-refractivity contribution < 1.29 is 18.0 Å². The van der Waals surface area contributed by atoms with Crippen LogP contribution in [0.4, 0.5) is 13.2 Å². The quantitative estimate of drug-likeness (QED) is 0.879. The van der Waals surface area contributed by atoms with Gasteiger partial charge in [-0.1, -0.05) is 6.07 Å². The number of halogens is 3. The molecule has 0 radical (unpaired) electrons. The number of alkyl halides is 3. The van der Waals surface area contributed by atoms with Crippen molar-refractivity contribution in [3.63, 3.8) is 0 Å². The number of carbonyl (C=O) groups is 1. The molecule has 1 amide bonds. The zero-order valence-corrected chi connectivity index (χ0v) is 12.8. The summed E-state index contributed by atoms with van der Waals surface area (Å²) in [5, 5.41) is 6.74. The largest absolute Gasteiger partial charge is 0.416 e. The Morgan fingerprint density at radius 3 is 2.79 bits per heavy atom. The number of nitrogens with zero attached hydrogens (tertiary/aromatic N) is 2. The van der Waals surface area contributed by atoms with E-state index in [-0.39, 0.29) is 17.4 Å². The van der Waals surface area contributed by atoms with Gasteiger partial charge in [-0.25, -0.2) is 4.68 Å². The number of amides is 1. The van der Waals surface area contributed by atoms with Crippen molar-refractivity contribution in [1.82, 2.24) is 15.1 Å². The van der Waals surface area contributed by atoms with Gasteiger partial charge in [-0.3, -0.25) is 4.79 Å². The molecule has 1 heterocycles. The van der Waals surface area contributed by atoms with Crippen LogP contribution in [0.2, 0.25) is 0 Å². The summed E-state index contributed by atoms with van der Waals surface area (Å²) >= 11 is 0. The topological polar surface area (TPSA) is 72.9 Å². The molecule has 1 aliphatic rings. The lowest BCUT2D eigenvalue weighted by molar-refractivity contribution is -0.137. The molecule has 1 atom stereocenters. The van der Waals surface area contributed by atoms with Gasteiger partial charge in [0.2, 0.25) is 0 Å². The Morgan fingerprint density at radius 2 is 2.12 bits per heavy atom. The second kappa shape index (κ2) is 6.27. The molecule has 128 valence electrons. The predicted molar refractivity (Wildman–Crippen MR) is 81.6 cm³/mol. The van der Waals surface area contributed by atoms with Crippen LogP contribution in [-0.2, 0) is 6.18 Å². The van der Waals surface area contributed by atoms with E-state index in [1.54, 1.807) is 0 Å². The molecule has 0 spiro atoms. The van der Waals surface area contributed by atoms with Gasteiger partial charge in [0.1, 0.15) is 0 Å². The van der Waals surface area contributed by atoms with Crippen LogP contribution in [0.1, 0.15) is 28.9 Å². The summed E-state index contributed by atoms with van der Waals surface area (Å²) in [5.74, 6) is 0.0739. The molecule has 1 unspecified atom stereocenters. The highest BCUT2D eigenvalue weighted by atomic mass is 19.4. The molecule has 0 saturated heterocycles. The van der Waals surface area contributed by atoms with Crippen molar-refractivity contribution in [1.29, 1.82) is 0 Å². The van der Waals surface area contributed by atoms with Crippen molar-refractivity contribution >= 4 is 5.91 Å². The Labute approximate surface area is 136 Å². The summed E-state index contributed by atoms with van der Waals surface area (Å²) in [6.07, 6.45) is -0.810. The first-order chi connectivity index (χ1) is 11.3. The lowest BCUT2D eigenvalue weighted by Crippen LogP contribution is -2.38. The lowest BCUT2D eigenvalue weighted by Gasteiger charge is -2.10. The molecule has 5 nitrogen and oxygen atoms in total. The summed E-state index contributed by atoms with van der Waals surface area (Å²) in [5.41, 5.74) is 5.51. The average Bonchev–Trinajstić information content (AvgIpc) is 3.28. The Balaban J connectivity index is 1.69. The zero-order chi connectivity index (χ0) is 17.3. The van der Waals surface area contributed by atoms with E-state index in [4.69, 9.17) is 5.73 Å². The molecule has 3 N–H and O–H groups in total. The molecule has 1 aliphatic carbocycles. The standard InChI is InChI=1S/C16H17F3N4O/c17-16(18,19)11-2-1-3-12(8-11)23-7-6-14(22-23)15(24)21-9-13(20)10-4-5-10/h1-3,6-8,10,13H,4-5,9,20H2,(H,21,24). The fourth-order valence-corrected chi connectivity index (χ4v) is 2.41. The van der Waals surface area contributed by atoms with Gasteiger partial charge in [0.15, 0.2) is 5.69 Å². The smallest absolute Gasteiger partial charge is 0.349 e. The molecule has 3 rings (SSSR count). The highest BCUT2D eigenvalue weighted by Gasteiger charge is 2.31. The zero-order valence-electron chi connectivity index (χ0n) is 12.8. The maximum absolute atomic E-state index is 12.8. The number of nitrogens with one attached hydrogen (secondary N) is 1. The summed E-state index contributed by atoms with van der Waals surface area (Å²) in [6.45, 7) is 0.361. The molecule has 8 heteroatoms. The van der Waals surface area contributed by atoms with Gasteiger partial charge < -0.3 is 11.1 Å². The van der Waals surface area contributed by atoms with E-state index >= 15 is 0 Å². The third-order valence-electron chi connectivity index (χ3n) is 3.99. The van der Waals surface area contributed by atoms with Gasteiger partial charge in [0.05, 0.1) is 11.3 Å². The minimum Gasteiger partial charge on any atom is -0.349 e. The molecule has 24 heavy (non-hydrogen) atoms. The highest BCUT2D eigenvalue weighted by molar-refractivity contribution is 5.92. The van der Waals surface area contributed by atoms with Gasteiger partial charge >= 0.3 is 6.18 Å². The fraction of sp³-hybridized carbons (Fsp3) is 0.375. The van der Waals surface area contributed by atoms with Gasteiger partial charge in [0.25, 0.3) is 5.91 Å². The van der Waals surface area contributed by atoms with Crippen LogP contribution in [0.5, 0.6) is 0 Å². The first-order valence-electron chi connectivity index (χ1n) is 7.61. The average molecular weight is 338 g/mol. The van der Waals surface area contributed by atoms with E-state index in [9.17, 15) is 18.0 Å². The molecule has 1 fully saturated rings. The second-order valence-electron chi connectivity index (χ2n) is 5.90. The minimum absolute atomic E-state index is 0.0699. The van der Waals surface area contributed by atoms with Crippen molar-refractivity contribution in [2.45, 2.75) is 25.1 Å². The van der Waals surface area contributed by atoms with E-state index in [0.717, 1.165) is 25.0 Å². The minimum atomic E-state index is -4.43. The normalized spacial score (nSPS) is 16.0. The maximum Gasteiger partial charge on any atom is 0.416 e. The fourth-order valence-electron chi connectivity index (χ4n) is 2.41. The molecule has 0 bridgehead atoms. The Kier molecular flexibility index (Phi) is 4.31. The number of hydrogen-bond acceptors (Lipinski definition) is 3. The SMILES string of the molecule is NC(CNC(=O)c1ccn(-c2cccc(C(F)(F)F)c2)n1)C1CC1. The van der Waals surface area contributed by atoms with Crippen LogP contribution < -0.4 is 11.1 Å². The van der Waals surface area contributed by atoms with Crippen molar-refractivity contribution in [2.24, 2.45) is 11.7 Å². The van der Waals surface area contributed by atoms with Gasteiger partial charge in [-0.15, -0.1) is 0 Å². The Bertz CT molecular complexity index is 737. The molecule has 0 aliphatic heterocycles. The maximum atomic E-state index is 12.8. The number of benzene rings is 1. The van der Waals surface area contributed by atoms with Crippen molar-refractivity contribution in [3.05, 3.63) is 47.8 Å². The van der Waals surface area contributed by atoms with Gasteiger partial charge in [-0.2, -0.15) is 18.3 Å². The number of nitrogens with two attached hydrogens (primary N) is 1. The Morgan fingerprint density at radius 1 is 1.38 bits per heavy atom. The van der Waals surface area contributed by atoms with Crippen LogP contribution >= 0.6 is 0 Å². The summed E-state index contributed by atoms with van der Waals surface area (Å²) in [6, 6.07) is 6.15. The molecule has 2 aromatic rings. The van der Waals surface area contributed by atoms with E-state index in [1.807, 2.05) is 0 Å². The Hall–Kier alpha value is -2.35. The second-order valence-corrected chi connectivity index (χ2v) is 5.90. The van der Waals surface area contributed by atoms with Crippen LogP contribution in [0, 0.1) is 5.92 Å². The van der Waals surface area contributed by atoms with E-state index < -0.39 is 17.6 Å². The molecule has 1 saturated carbocycles. The van der Waals surface area contributed by atoms with Crippen molar-refractivity contribution in [2.75, 3.05) is 6.54 Å². The van der Waals surface area contributed by atoms with E-state index in [1.165, 1.54) is 29.1 Å². The molecular weight excluding hydrogens is 321 g/mol. The third kappa shape index (κ3) is 3.76. The van der Waals surface area contributed by atoms with Gasteiger partial charge in [0, 0.05) is 18.8 Å². The van der Waals surface area contributed by atoms with E-state index in [0.29, 0.717) is 12.5 Å². The van der Waals surface area contributed by atoms with Crippen LogP contribution in [-0.4, -0.2) is 28.3 Å². The monoisotopic (exact) mass is 338 g/mol. The van der Waals surface area contributed by atoms with Crippen molar-refractivity contribution in [3.8, 4) is 5.69 Å². The molecule has 1 aromatic heterocycles. The lowest BCUT2D eigenvalue weighted by atomic mass is 10.2. The van der Waals surface area contributed by atoms with Crippen LogP contribution in [0.3, 0.4) is 0 Å². The predicted octanol–water partition coefficient (Wildman–Crippen LogP) is 2.36. The summed E-state index contributed by atoms with van der Waals surface area (Å²) in [4.78, 5) is 12.0. The van der Waals surface area contributed by atoms with Crippen LogP contribution in [0.25, 0.3) is 5.69 Å². The summed E-state index contributed by atoms with van der Waals surface area (Å²) in [7, 11) is 0. The van der Waals surface area contributed by atoms with Crippen LogP contribution in [0.15, 0.2) is 36.5 Å². The molecular formula is C16H17F3N4O. The first-order valence-corrected chi connectivity index (χ1v) is 7.61. The first kappa shape index (κ1) is 16.5. The third-order valence-corrected chi connectivity index (χ3v) is 3.99. The number of aromatic nitrogens is 2. The number of rotatable bonds is 5. The van der Waals surface area contributed by atoms with E-state index in [2.05, 4.69) is 10.4 Å². The number of hydrogen-bond donors (Lipinski definition) is 2. The van der Waals surface area contributed by atoms with Gasteiger partial charge in [-0.05, 0) is 43.0 Å².